The third-order valence-corrected chi connectivity index (χ3v) is 5.66. The molecule has 3 aromatic heterocycles. The molecule has 1 amide bonds. The lowest BCUT2D eigenvalue weighted by Gasteiger charge is -2.14. The summed E-state index contributed by atoms with van der Waals surface area (Å²) < 4.78 is 16.1. The highest BCUT2D eigenvalue weighted by atomic mass is 19.1. The molecule has 11 heteroatoms. The van der Waals surface area contributed by atoms with Crippen molar-refractivity contribution in [2.75, 3.05) is 20.1 Å². The highest BCUT2D eigenvalue weighted by molar-refractivity contribution is 5.82. The fraction of sp³-hybridized carbons (Fsp3) is 0.296. The third kappa shape index (κ3) is 7.32. The number of carbonyl (C=O) groups is 2. The summed E-state index contributed by atoms with van der Waals surface area (Å²) >= 11 is 0. The van der Waals surface area contributed by atoms with E-state index in [4.69, 9.17) is 10.8 Å². The Morgan fingerprint density at radius 1 is 1.16 bits per heavy atom. The van der Waals surface area contributed by atoms with Gasteiger partial charge in [0.15, 0.2) is 0 Å². The minimum absolute atomic E-state index is 0.157. The Morgan fingerprint density at radius 2 is 1.95 bits per heavy atom. The van der Waals surface area contributed by atoms with E-state index in [2.05, 4.69) is 27.2 Å². The predicted octanol–water partition coefficient (Wildman–Crippen LogP) is 3.74. The van der Waals surface area contributed by atoms with Crippen molar-refractivity contribution in [3.63, 3.8) is 0 Å². The summed E-state index contributed by atoms with van der Waals surface area (Å²) in [5, 5.41) is 20.1. The molecule has 0 aliphatic rings. The van der Waals surface area contributed by atoms with Crippen LogP contribution < -0.4 is 5.73 Å². The summed E-state index contributed by atoms with van der Waals surface area (Å²) in [6.07, 6.45) is 7.06. The third-order valence-electron chi connectivity index (χ3n) is 5.66. The monoisotopic (exact) mass is 521 g/mol. The first-order valence-electron chi connectivity index (χ1n) is 12.2. The predicted molar refractivity (Wildman–Crippen MR) is 142 cm³/mol. The number of rotatable bonds is 9. The van der Waals surface area contributed by atoms with E-state index >= 15 is 0 Å². The average Bonchev–Trinajstić information content (AvgIpc) is 3.55. The molecule has 4 aromatic rings. The topological polar surface area (TPSA) is 143 Å². The molecule has 4 rings (SSSR count). The van der Waals surface area contributed by atoms with Gasteiger partial charge in [0.1, 0.15) is 18.9 Å². The summed E-state index contributed by atoms with van der Waals surface area (Å²) in [5.74, 6) is -1.97. The Morgan fingerprint density at radius 3 is 2.61 bits per heavy atom. The normalized spacial score (nSPS) is 10.6. The molecule has 0 saturated heterocycles. The lowest BCUT2D eigenvalue weighted by molar-refractivity contribution is -0.143. The van der Waals surface area contributed by atoms with Crippen LogP contribution in [0.25, 0.3) is 33.6 Å². The number of hydrogen-bond donors (Lipinski definition) is 3. The largest absolute Gasteiger partial charge is 0.480 e. The summed E-state index contributed by atoms with van der Waals surface area (Å²) in [5.41, 5.74) is 9.76. The fourth-order valence-corrected chi connectivity index (χ4v) is 3.64. The van der Waals surface area contributed by atoms with Crippen molar-refractivity contribution in [2.45, 2.75) is 33.2 Å². The maximum Gasteiger partial charge on any atom is 0.323 e. The zero-order chi connectivity index (χ0) is 27.7. The van der Waals surface area contributed by atoms with Gasteiger partial charge in [0.25, 0.3) is 0 Å². The van der Waals surface area contributed by atoms with Gasteiger partial charge in [0.2, 0.25) is 5.91 Å². The fourth-order valence-electron chi connectivity index (χ4n) is 3.64. The second-order valence-corrected chi connectivity index (χ2v) is 8.73. The van der Waals surface area contributed by atoms with Crippen molar-refractivity contribution < 1.29 is 19.1 Å². The number of likely N-dealkylation sites (N-methyl/N-ethyl adjacent to an activating group) is 1. The zero-order valence-corrected chi connectivity index (χ0v) is 21.7. The van der Waals surface area contributed by atoms with Crippen LogP contribution in [-0.4, -0.2) is 67.0 Å². The number of carboxylic acid groups (broad SMARTS) is 1. The molecule has 200 valence electrons. The lowest BCUT2D eigenvalue weighted by Crippen LogP contribution is -2.34. The second-order valence-electron chi connectivity index (χ2n) is 8.73. The first-order chi connectivity index (χ1) is 18.2. The van der Waals surface area contributed by atoms with Crippen molar-refractivity contribution in [3.05, 3.63) is 66.5 Å². The Balaban J connectivity index is 0.000000732. The number of hydrogen-bond acceptors (Lipinski definition) is 6. The van der Waals surface area contributed by atoms with E-state index in [1.807, 2.05) is 25.1 Å². The Hall–Kier alpha value is -4.38. The molecule has 4 N–H and O–H groups in total. The number of nitrogens with two attached hydrogens (primary N) is 1. The molecule has 0 spiro atoms. The smallest absolute Gasteiger partial charge is 0.323 e. The molecule has 0 aliphatic heterocycles. The van der Waals surface area contributed by atoms with E-state index in [0.717, 1.165) is 39.7 Å². The number of halogens is 1. The number of carbonyl (C=O) groups excluding carboxylic acids is 1. The molecule has 0 aliphatic carbocycles. The highest BCUT2D eigenvalue weighted by Gasteiger charge is 2.17. The van der Waals surface area contributed by atoms with Crippen LogP contribution in [0.2, 0.25) is 0 Å². The molecule has 0 fully saturated rings. The molecule has 0 unspecified atom stereocenters. The number of H-pyrrole nitrogens is 1. The number of amides is 1. The van der Waals surface area contributed by atoms with Crippen molar-refractivity contribution >= 4 is 11.9 Å². The first kappa shape index (κ1) is 28.2. The van der Waals surface area contributed by atoms with E-state index in [-0.39, 0.29) is 6.54 Å². The summed E-state index contributed by atoms with van der Waals surface area (Å²) in [6.45, 7) is 4.31. The standard InChI is InChI=1S/C23H21FN6O3.C4H11N/c1-14-4-3-5-20(27-14)23-18(10-25-28-23)15-6-7-19(24)17(8-15)16-9-26-30(11-16)12-21(31)29(2)13-22(32)33;1-2-3-4-5/h3-11H,12-13H2,1-2H3,(H,25,28)(H,32,33);2-5H2,1H3. The van der Waals surface area contributed by atoms with Gasteiger partial charge in [-0.25, -0.2) is 4.39 Å². The average molecular weight is 522 g/mol. The second kappa shape index (κ2) is 13.2. The molecule has 38 heavy (non-hydrogen) atoms. The summed E-state index contributed by atoms with van der Waals surface area (Å²) in [7, 11) is 1.40. The quantitative estimate of drug-likeness (QED) is 0.304. The molecule has 0 atom stereocenters. The molecule has 0 bridgehead atoms. The number of carboxylic acids is 1. The van der Waals surface area contributed by atoms with Crippen LogP contribution in [-0.2, 0) is 16.1 Å². The molecular weight excluding hydrogens is 489 g/mol. The maximum absolute atomic E-state index is 14.7. The number of aliphatic carboxylic acids is 1. The lowest BCUT2D eigenvalue weighted by atomic mass is 9.99. The van der Waals surface area contributed by atoms with E-state index in [9.17, 15) is 14.0 Å². The number of pyridine rings is 1. The minimum atomic E-state index is -1.11. The van der Waals surface area contributed by atoms with E-state index < -0.39 is 24.2 Å². The van der Waals surface area contributed by atoms with Crippen molar-refractivity contribution in [2.24, 2.45) is 5.73 Å². The Labute approximate surface area is 220 Å². The Bertz CT molecular complexity index is 1380. The van der Waals surface area contributed by atoms with Crippen LogP contribution in [0.3, 0.4) is 0 Å². The van der Waals surface area contributed by atoms with Gasteiger partial charge in [-0.1, -0.05) is 25.5 Å². The highest BCUT2D eigenvalue weighted by Crippen LogP contribution is 2.33. The molecule has 0 saturated carbocycles. The Kier molecular flexibility index (Phi) is 9.83. The van der Waals surface area contributed by atoms with Gasteiger partial charge in [-0.05, 0) is 49.7 Å². The SMILES string of the molecule is CCCCN.Cc1cccc(-c2[nH]ncc2-c2ccc(F)c(-c3cnn(CC(=O)N(C)CC(=O)O)c3)c2)n1. The van der Waals surface area contributed by atoms with Crippen LogP contribution in [0.5, 0.6) is 0 Å². The molecular formula is C27H32FN7O3. The van der Waals surface area contributed by atoms with Crippen LogP contribution in [0.1, 0.15) is 25.5 Å². The van der Waals surface area contributed by atoms with Crippen molar-refractivity contribution in [3.8, 4) is 33.6 Å². The number of aromatic amines is 1. The van der Waals surface area contributed by atoms with Crippen molar-refractivity contribution in [1.29, 1.82) is 0 Å². The van der Waals surface area contributed by atoms with E-state index in [0.29, 0.717) is 11.1 Å². The van der Waals surface area contributed by atoms with Gasteiger partial charge >= 0.3 is 5.97 Å². The molecule has 0 radical (unpaired) electrons. The van der Waals surface area contributed by atoms with Gasteiger partial charge < -0.3 is 15.7 Å². The number of aromatic nitrogens is 5. The first-order valence-corrected chi connectivity index (χ1v) is 12.2. The molecule has 10 nitrogen and oxygen atoms in total. The zero-order valence-electron chi connectivity index (χ0n) is 21.7. The van der Waals surface area contributed by atoms with Gasteiger partial charge in [0, 0.05) is 35.6 Å². The molecule has 1 aromatic carbocycles. The van der Waals surface area contributed by atoms with Gasteiger partial charge in [-0.2, -0.15) is 10.2 Å². The number of aryl methyl sites for hydroxylation is 1. The van der Waals surface area contributed by atoms with Gasteiger partial charge in [0.05, 0.1) is 23.8 Å². The van der Waals surface area contributed by atoms with Gasteiger partial charge in [-0.3, -0.25) is 24.4 Å². The maximum atomic E-state index is 14.7. The van der Waals surface area contributed by atoms with Crippen LogP contribution >= 0.6 is 0 Å². The number of nitrogens with one attached hydrogen (secondary N) is 1. The van der Waals surface area contributed by atoms with Crippen LogP contribution in [0.4, 0.5) is 4.39 Å². The van der Waals surface area contributed by atoms with Crippen LogP contribution in [0, 0.1) is 12.7 Å². The summed E-state index contributed by atoms with van der Waals surface area (Å²) in [4.78, 5) is 28.6. The number of benzene rings is 1. The number of unbranched alkanes of at least 4 members (excludes halogenated alkanes) is 1. The van der Waals surface area contributed by atoms with E-state index in [1.165, 1.54) is 36.8 Å². The van der Waals surface area contributed by atoms with Crippen molar-refractivity contribution in [1.82, 2.24) is 29.9 Å². The minimum Gasteiger partial charge on any atom is -0.480 e. The van der Waals surface area contributed by atoms with Crippen LogP contribution in [0.15, 0.2) is 55.0 Å². The number of nitrogens with zero attached hydrogens (tertiary/aromatic N) is 5. The van der Waals surface area contributed by atoms with E-state index in [1.54, 1.807) is 24.5 Å². The summed E-state index contributed by atoms with van der Waals surface area (Å²) in [6, 6.07) is 10.4. The van der Waals surface area contributed by atoms with Gasteiger partial charge in [-0.15, -0.1) is 0 Å². The molecule has 3 heterocycles.